The topological polar surface area (TPSA) is 0 Å². The van der Waals surface area contributed by atoms with Crippen LogP contribution in [0, 0.1) is 0 Å². The van der Waals surface area contributed by atoms with Crippen molar-refractivity contribution in [1.82, 2.24) is 0 Å². The maximum Gasteiger partial charge on any atom is 0.0626 e. The highest BCUT2D eigenvalue weighted by Crippen LogP contribution is 2.19. The fourth-order valence-electron chi connectivity index (χ4n) is 5.68. The molecule has 0 atom stereocenters. The molecule has 0 aromatic heterocycles. The van der Waals surface area contributed by atoms with Crippen molar-refractivity contribution >= 4 is 45.2 Å². The van der Waals surface area contributed by atoms with Gasteiger partial charge in [0.05, 0.1) is 1.93 Å². The predicted molar refractivity (Wildman–Crippen MR) is 190 cm³/mol. The lowest BCUT2D eigenvalue weighted by Gasteiger charge is -2.05. The third kappa shape index (κ3) is 37.5. The highest BCUT2D eigenvalue weighted by molar-refractivity contribution is 14.2. The van der Waals surface area contributed by atoms with Gasteiger partial charge in [-0.3, -0.25) is 0 Å². The zero-order chi connectivity index (χ0) is 26.9. The van der Waals surface area contributed by atoms with E-state index in [-0.39, 0.29) is 0 Å². The predicted octanol–water partition coefficient (Wildman–Crippen LogP) is 15.1. The van der Waals surface area contributed by atoms with Crippen LogP contribution in [0.2, 0.25) is 0 Å². The van der Waals surface area contributed by atoms with Crippen molar-refractivity contribution in [3.63, 3.8) is 0 Å². The first-order valence-corrected chi connectivity index (χ1v) is 20.0. The molecule has 0 saturated heterocycles. The first-order chi connectivity index (χ1) is 18.3. The van der Waals surface area contributed by atoms with Gasteiger partial charge in [-0.15, -0.1) is 0 Å². The van der Waals surface area contributed by atoms with E-state index in [2.05, 4.69) is 52.1 Å². The molecule has 0 bridgehead atoms. The monoisotopic (exact) mass is 744 g/mol. The molecular weight excluding hydrogens is 674 g/mol. The third-order valence-corrected chi connectivity index (χ3v) is 9.52. The number of hydrogen-bond donors (Lipinski definition) is 0. The summed E-state index contributed by atoms with van der Waals surface area (Å²) in [4.78, 5) is 0. The summed E-state index contributed by atoms with van der Waals surface area (Å²) in [6.45, 7) is 2.31. The first kappa shape index (κ1) is 38.5. The van der Waals surface area contributed by atoms with Crippen molar-refractivity contribution in [3.8, 4) is 0 Å². The summed E-state index contributed by atoms with van der Waals surface area (Å²) >= 11 is 5.09. The maximum absolute atomic E-state index is 2.54. The Morgan fingerprint density at radius 1 is 0.270 bits per heavy atom. The quantitative estimate of drug-likeness (QED) is 0.0357. The SMILES string of the molecule is CCCCCCCCCCCCCCCCCCCCCCCCCCCCCCCCCCC(I)I. The Morgan fingerprint density at radius 2 is 0.432 bits per heavy atom. The van der Waals surface area contributed by atoms with Crippen molar-refractivity contribution in [2.45, 2.75) is 221 Å². The normalized spacial score (nSPS) is 11.7. The molecule has 0 nitrogen and oxygen atoms in total. The average molecular weight is 745 g/mol. The van der Waals surface area contributed by atoms with Crippen LogP contribution in [0.3, 0.4) is 0 Å². The fraction of sp³-hybridized carbons (Fsp3) is 1.00. The number of hydrogen-bond acceptors (Lipinski definition) is 0. The second kappa shape index (κ2) is 35.5. The van der Waals surface area contributed by atoms with E-state index in [9.17, 15) is 0 Å². The minimum Gasteiger partial charge on any atom is -0.0710 e. The molecule has 0 heterocycles. The van der Waals surface area contributed by atoms with Gasteiger partial charge >= 0.3 is 0 Å². The van der Waals surface area contributed by atoms with Crippen molar-refractivity contribution in [2.75, 3.05) is 0 Å². The molecule has 0 unspecified atom stereocenters. The summed E-state index contributed by atoms with van der Waals surface area (Å²) in [6, 6.07) is 0. The molecule has 0 aliphatic rings. The van der Waals surface area contributed by atoms with E-state index in [0.29, 0.717) is 0 Å². The molecule has 0 N–H and O–H groups in total. The van der Waals surface area contributed by atoms with Gasteiger partial charge in [-0.2, -0.15) is 0 Å². The lowest BCUT2D eigenvalue weighted by Crippen LogP contribution is -1.86. The molecule has 0 spiro atoms. The van der Waals surface area contributed by atoms with Gasteiger partial charge in [0.25, 0.3) is 0 Å². The lowest BCUT2D eigenvalue weighted by atomic mass is 10.0. The molecule has 37 heavy (non-hydrogen) atoms. The molecule has 0 saturated carbocycles. The number of unbranched alkanes of at least 4 members (excludes halogenated alkanes) is 31. The van der Waals surface area contributed by atoms with E-state index in [1.807, 2.05) is 0 Å². The van der Waals surface area contributed by atoms with E-state index in [4.69, 9.17) is 0 Å². The van der Waals surface area contributed by atoms with Crippen molar-refractivity contribution in [3.05, 3.63) is 0 Å². The Hall–Kier alpha value is 1.46. The Morgan fingerprint density at radius 3 is 0.595 bits per heavy atom. The van der Waals surface area contributed by atoms with Gasteiger partial charge in [0.1, 0.15) is 0 Å². The molecular formula is C35H70I2. The molecule has 0 fully saturated rings. The van der Waals surface area contributed by atoms with E-state index < -0.39 is 0 Å². The number of rotatable bonds is 33. The Labute approximate surface area is 264 Å². The molecule has 2 heteroatoms. The molecule has 0 aromatic carbocycles. The highest BCUT2D eigenvalue weighted by Gasteiger charge is 1.98. The van der Waals surface area contributed by atoms with Crippen LogP contribution in [0.15, 0.2) is 0 Å². The smallest absolute Gasteiger partial charge is 0.0626 e. The van der Waals surface area contributed by atoms with E-state index in [0.717, 1.165) is 1.93 Å². The Bertz CT molecular complexity index is 381. The molecule has 0 radical (unpaired) electrons. The highest BCUT2D eigenvalue weighted by atomic mass is 127. The first-order valence-electron chi connectivity index (χ1n) is 17.6. The minimum absolute atomic E-state index is 0.837. The van der Waals surface area contributed by atoms with Crippen LogP contribution in [-0.4, -0.2) is 1.93 Å². The van der Waals surface area contributed by atoms with Crippen molar-refractivity contribution in [1.29, 1.82) is 0 Å². The molecule has 0 amide bonds. The molecule has 0 aromatic rings. The van der Waals surface area contributed by atoms with E-state index >= 15 is 0 Å². The second-order valence-electron chi connectivity index (χ2n) is 12.1. The number of alkyl halides is 2. The summed E-state index contributed by atoms with van der Waals surface area (Å²) in [7, 11) is 0. The summed E-state index contributed by atoms with van der Waals surface area (Å²) in [5, 5.41) is 0. The van der Waals surface area contributed by atoms with Gasteiger partial charge in [0.2, 0.25) is 0 Å². The zero-order valence-electron chi connectivity index (χ0n) is 25.7. The summed E-state index contributed by atoms with van der Waals surface area (Å²) in [5.74, 6) is 0. The van der Waals surface area contributed by atoms with Gasteiger partial charge in [-0.25, -0.2) is 0 Å². The summed E-state index contributed by atoms with van der Waals surface area (Å²) in [5.41, 5.74) is 0. The Kier molecular flexibility index (Phi) is 36.9. The van der Waals surface area contributed by atoms with E-state index in [1.165, 1.54) is 212 Å². The van der Waals surface area contributed by atoms with Gasteiger partial charge < -0.3 is 0 Å². The summed E-state index contributed by atoms with van der Waals surface area (Å²) in [6.07, 6.45) is 48.8. The van der Waals surface area contributed by atoms with Crippen molar-refractivity contribution in [2.24, 2.45) is 0 Å². The Balaban J connectivity index is 3.01. The third-order valence-electron chi connectivity index (χ3n) is 8.28. The second-order valence-corrected chi connectivity index (χ2v) is 17.5. The van der Waals surface area contributed by atoms with Gasteiger partial charge in [-0.05, 0) is 6.42 Å². The maximum atomic E-state index is 2.54. The van der Waals surface area contributed by atoms with Crippen LogP contribution in [0.25, 0.3) is 0 Å². The molecule has 0 rings (SSSR count). The molecule has 224 valence electrons. The van der Waals surface area contributed by atoms with Crippen LogP contribution in [0.5, 0.6) is 0 Å². The van der Waals surface area contributed by atoms with Crippen LogP contribution in [0.1, 0.15) is 219 Å². The molecule has 0 aliphatic carbocycles. The lowest BCUT2D eigenvalue weighted by molar-refractivity contribution is 0.512. The van der Waals surface area contributed by atoms with Crippen LogP contribution >= 0.6 is 45.2 Å². The molecule has 0 aliphatic heterocycles. The van der Waals surface area contributed by atoms with Crippen LogP contribution < -0.4 is 0 Å². The van der Waals surface area contributed by atoms with Gasteiger partial charge in [-0.1, -0.05) is 258 Å². The minimum atomic E-state index is 0.837. The number of halogens is 2. The van der Waals surface area contributed by atoms with Crippen LogP contribution in [0.4, 0.5) is 0 Å². The van der Waals surface area contributed by atoms with Crippen LogP contribution in [-0.2, 0) is 0 Å². The van der Waals surface area contributed by atoms with Gasteiger partial charge in [0, 0.05) is 0 Å². The van der Waals surface area contributed by atoms with E-state index in [1.54, 1.807) is 0 Å². The zero-order valence-corrected chi connectivity index (χ0v) is 30.0. The summed E-state index contributed by atoms with van der Waals surface area (Å²) < 4.78 is 0.837. The largest absolute Gasteiger partial charge is 0.0710 e. The van der Waals surface area contributed by atoms with Crippen molar-refractivity contribution < 1.29 is 0 Å². The van der Waals surface area contributed by atoms with Gasteiger partial charge in [0.15, 0.2) is 0 Å². The fourth-order valence-corrected chi connectivity index (χ4v) is 6.56. The standard InChI is InChI=1S/C35H70I2/c1-2-3-4-5-6-7-8-9-10-11-12-13-14-15-16-17-18-19-20-21-22-23-24-25-26-27-28-29-30-31-32-33-34-35(36)37/h35H,2-34H2,1H3. The average Bonchev–Trinajstić information content (AvgIpc) is 2.89.